The summed E-state index contributed by atoms with van der Waals surface area (Å²) in [5, 5.41) is 9.28. The number of carbonyl (C=O) groups is 2. The summed E-state index contributed by atoms with van der Waals surface area (Å²) in [5.74, 6) is 2.99. The van der Waals surface area contributed by atoms with Crippen LogP contribution in [-0.4, -0.2) is 79.4 Å². The van der Waals surface area contributed by atoms with Gasteiger partial charge < -0.3 is 33.9 Å². The van der Waals surface area contributed by atoms with Crippen LogP contribution >= 0.6 is 15.9 Å². The Kier molecular flexibility index (Phi) is 15.3. The summed E-state index contributed by atoms with van der Waals surface area (Å²) in [6.45, 7) is 12.8. The smallest absolute Gasteiger partial charge is 0.415 e. The number of aromatic nitrogens is 2. The van der Waals surface area contributed by atoms with Crippen LogP contribution in [0.15, 0.2) is 151 Å². The van der Waals surface area contributed by atoms with Gasteiger partial charge in [0.1, 0.15) is 23.2 Å². The molecule has 0 bridgehead atoms. The van der Waals surface area contributed by atoms with E-state index in [0.717, 1.165) is 43.8 Å². The first-order chi connectivity index (χ1) is 31.8. The quantitative estimate of drug-likeness (QED) is 0.126. The number of hydrogen-bond acceptors (Lipinski definition) is 10. The number of ether oxygens (including phenoxy) is 4. The average molecular weight is 956 g/mol. The fourth-order valence-electron chi connectivity index (χ4n) is 7.88. The zero-order valence-corrected chi connectivity index (χ0v) is 39.4. The van der Waals surface area contributed by atoms with Gasteiger partial charge in [0.25, 0.3) is 0 Å². The molecule has 0 spiro atoms. The highest BCUT2D eigenvalue weighted by molar-refractivity contribution is 9.10. The summed E-state index contributed by atoms with van der Waals surface area (Å²) in [7, 11) is 3.30. The number of halogens is 1. The van der Waals surface area contributed by atoms with Crippen molar-refractivity contribution in [2.45, 2.75) is 51.6 Å². The van der Waals surface area contributed by atoms with Crippen molar-refractivity contribution in [2.75, 3.05) is 60.1 Å². The molecule has 0 fully saturated rings. The zero-order valence-electron chi connectivity index (χ0n) is 37.8. The number of carboxylic acid groups (broad SMARTS) is 1. The fraction of sp³-hybridized carbons (Fsp3) is 0.269. The molecule has 342 valence electrons. The van der Waals surface area contributed by atoms with E-state index in [-0.39, 0.29) is 6.04 Å². The molecule has 0 saturated carbocycles. The summed E-state index contributed by atoms with van der Waals surface area (Å²) < 4.78 is 24.2. The molecule has 13 nitrogen and oxygen atoms in total. The van der Waals surface area contributed by atoms with E-state index in [1.807, 2.05) is 124 Å². The molecule has 0 saturated heterocycles. The van der Waals surface area contributed by atoms with E-state index in [1.165, 1.54) is 4.90 Å². The SMILES string of the molecule is C=C(CO[C@H](c1ccccc1)[C@H]1CN(C(=O)OC(C)(C)C)c2cccnc2N1Cc1ccc(OC)cc1)c1cccc(Br)c1.COc1ccc(CN2CCN(C(=O)O)c3cccnc32)cc1. The standard InChI is InChI=1S/C36H38BrN3O4.C16H17N3O3/c1-25(28-13-9-14-29(37)21-28)24-43-33(27-11-7-6-8-12-27)32-23-40(35(41)44-36(2,3)4)31-15-10-20-38-34(31)39(32)22-26-16-18-30(42-5)19-17-26;1-22-13-6-4-12(5-7-13)11-18-9-10-19(16(20)21)14-3-2-8-17-15(14)18/h6-21,32-33H,1,22-24H2,2-5H3;2-8H,9-11H2,1H3,(H,20,21)/t32-,33-;/m1./s1. The highest BCUT2D eigenvalue weighted by Crippen LogP contribution is 2.41. The Labute approximate surface area is 395 Å². The van der Waals surface area contributed by atoms with Crippen LogP contribution in [0.25, 0.3) is 5.57 Å². The molecule has 4 aromatic carbocycles. The predicted octanol–water partition coefficient (Wildman–Crippen LogP) is 11.0. The van der Waals surface area contributed by atoms with Crippen LogP contribution in [0.5, 0.6) is 11.5 Å². The Hall–Kier alpha value is -6.90. The van der Waals surface area contributed by atoms with Gasteiger partial charge in [-0.2, -0.15) is 0 Å². The summed E-state index contributed by atoms with van der Waals surface area (Å²) >= 11 is 3.56. The number of hydrogen-bond donors (Lipinski definition) is 1. The minimum Gasteiger partial charge on any atom is -0.497 e. The largest absolute Gasteiger partial charge is 0.497 e. The van der Waals surface area contributed by atoms with Gasteiger partial charge in [0, 0.05) is 43.0 Å². The maximum absolute atomic E-state index is 13.7. The second kappa shape index (κ2) is 21.4. The van der Waals surface area contributed by atoms with E-state index in [2.05, 4.69) is 49.4 Å². The number of pyridine rings is 2. The van der Waals surface area contributed by atoms with E-state index in [9.17, 15) is 14.7 Å². The van der Waals surface area contributed by atoms with Gasteiger partial charge in [-0.1, -0.05) is 89.2 Å². The summed E-state index contributed by atoms with van der Waals surface area (Å²) in [6.07, 6.45) is 1.64. The molecule has 0 unspecified atom stereocenters. The fourth-order valence-corrected chi connectivity index (χ4v) is 8.28. The lowest BCUT2D eigenvalue weighted by Gasteiger charge is -2.45. The monoisotopic (exact) mass is 954 g/mol. The first-order valence-electron chi connectivity index (χ1n) is 21.6. The van der Waals surface area contributed by atoms with Crippen molar-refractivity contribution < 1.29 is 33.6 Å². The number of amides is 2. The van der Waals surface area contributed by atoms with Crippen LogP contribution in [0.4, 0.5) is 32.6 Å². The van der Waals surface area contributed by atoms with Gasteiger partial charge in [-0.25, -0.2) is 19.6 Å². The minimum absolute atomic E-state index is 0.296. The molecule has 2 aliphatic heterocycles. The number of nitrogens with zero attached hydrogens (tertiary/aromatic N) is 6. The second-order valence-electron chi connectivity index (χ2n) is 16.8. The van der Waals surface area contributed by atoms with Gasteiger partial charge in [-0.05, 0) is 109 Å². The van der Waals surface area contributed by atoms with Crippen LogP contribution in [0, 0.1) is 0 Å². The van der Waals surface area contributed by atoms with Gasteiger partial charge in [-0.15, -0.1) is 0 Å². The van der Waals surface area contributed by atoms with Crippen molar-refractivity contribution in [2.24, 2.45) is 0 Å². The zero-order chi connectivity index (χ0) is 46.8. The van der Waals surface area contributed by atoms with Gasteiger partial charge >= 0.3 is 12.2 Å². The molecule has 1 N–H and O–H groups in total. The third-order valence-electron chi connectivity index (χ3n) is 11.1. The lowest BCUT2D eigenvalue weighted by Crippen LogP contribution is -2.54. The van der Waals surface area contributed by atoms with Crippen molar-refractivity contribution in [1.82, 2.24) is 9.97 Å². The molecule has 66 heavy (non-hydrogen) atoms. The Morgan fingerprint density at radius 2 is 1.36 bits per heavy atom. The average Bonchev–Trinajstić information content (AvgIpc) is 3.32. The molecular weight excluding hydrogens is 901 g/mol. The van der Waals surface area contributed by atoms with E-state index >= 15 is 0 Å². The van der Waals surface area contributed by atoms with Crippen LogP contribution < -0.4 is 29.1 Å². The van der Waals surface area contributed by atoms with Crippen LogP contribution in [0.2, 0.25) is 0 Å². The van der Waals surface area contributed by atoms with Gasteiger partial charge in [-0.3, -0.25) is 9.80 Å². The van der Waals surface area contributed by atoms with Gasteiger partial charge in [0.15, 0.2) is 11.6 Å². The van der Waals surface area contributed by atoms with E-state index in [1.54, 1.807) is 43.6 Å². The summed E-state index contributed by atoms with van der Waals surface area (Å²) in [6, 6.07) is 41.0. The van der Waals surface area contributed by atoms with Crippen molar-refractivity contribution in [3.63, 3.8) is 0 Å². The number of carbonyl (C=O) groups excluding carboxylic acids is 1. The van der Waals surface area contributed by atoms with Crippen molar-refractivity contribution >= 4 is 56.7 Å². The number of anilines is 4. The molecule has 2 amide bonds. The van der Waals surface area contributed by atoms with Crippen LogP contribution in [0.3, 0.4) is 0 Å². The molecule has 0 aliphatic carbocycles. The highest BCUT2D eigenvalue weighted by atomic mass is 79.9. The Balaban J connectivity index is 0.000000245. The number of fused-ring (bicyclic) bond motifs is 2. The number of methoxy groups -OCH3 is 2. The Morgan fingerprint density at radius 1 is 0.758 bits per heavy atom. The number of benzene rings is 4. The van der Waals surface area contributed by atoms with Crippen molar-refractivity contribution in [3.8, 4) is 11.5 Å². The van der Waals surface area contributed by atoms with Gasteiger partial charge in [0.05, 0.1) is 44.8 Å². The molecule has 2 atom stereocenters. The van der Waals surface area contributed by atoms with Crippen molar-refractivity contribution in [1.29, 1.82) is 0 Å². The molecule has 14 heteroatoms. The first kappa shape index (κ1) is 47.1. The Morgan fingerprint density at radius 3 is 1.95 bits per heavy atom. The molecule has 2 aromatic heterocycles. The second-order valence-corrected chi connectivity index (χ2v) is 17.7. The first-order valence-corrected chi connectivity index (χ1v) is 22.4. The Bertz CT molecular complexity index is 2590. The molecule has 8 rings (SSSR count). The van der Waals surface area contributed by atoms with Gasteiger partial charge in [0.2, 0.25) is 0 Å². The van der Waals surface area contributed by atoms with E-state index in [0.29, 0.717) is 62.3 Å². The summed E-state index contributed by atoms with van der Waals surface area (Å²) in [5.41, 5.74) is 5.70. The maximum Gasteiger partial charge on any atom is 0.415 e. The molecule has 4 heterocycles. The summed E-state index contributed by atoms with van der Waals surface area (Å²) in [4.78, 5) is 41.5. The van der Waals surface area contributed by atoms with E-state index < -0.39 is 23.9 Å². The molecular formula is C52H55BrN6O7. The van der Waals surface area contributed by atoms with Crippen LogP contribution in [0.1, 0.15) is 49.1 Å². The predicted molar refractivity (Wildman–Crippen MR) is 263 cm³/mol. The van der Waals surface area contributed by atoms with E-state index in [4.69, 9.17) is 23.9 Å². The lowest BCUT2D eigenvalue weighted by atomic mass is 9.96. The molecule has 0 radical (unpaired) electrons. The maximum atomic E-state index is 13.7. The molecule has 6 aromatic rings. The van der Waals surface area contributed by atoms with Crippen molar-refractivity contribution in [3.05, 3.63) is 173 Å². The lowest BCUT2D eigenvalue weighted by molar-refractivity contribution is 0.0461. The normalized spacial score (nSPS) is 14.8. The van der Waals surface area contributed by atoms with Crippen LogP contribution in [-0.2, 0) is 22.6 Å². The highest BCUT2D eigenvalue weighted by Gasteiger charge is 2.41. The third-order valence-corrected chi connectivity index (χ3v) is 11.6. The minimum atomic E-state index is -0.946. The molecule has 2 aliphatic rings. The third kappa shape index (κ3) is 11.7. The number of rotatable bonds is 12. The topological polar surface area (TPSA) is 130 Å².